The molecule has 0 aromatic carbocycles. The van der Waals surface area contributed by atoms with Crippen molar-refractivity contribution >= 4 is 15.9 Å². The predicted octanol–water partition coefficient (Wildman–Crippen LogP) is 3.63. The average molecular weight is 333 g/mol. The molecule has 0 saturated carbocycles. The van der Waals surface area contributed by atoms with Crippen LogP contribution in [0.15, 0.2) is 23.2 Å². The predicted molar refractivity (Wildman–Crippen MR) is 81.1 cm³/mol. The Balaban J connectivity index is 2.89. The second kappa shape index (κ2) is 6.53. The number of halogens is 1. The minimum Gasteiger partial charge on any atom is -0.392 e. The molecule has 1 N–H and O–H groups in total. The Labute approximate surface area is 124 Å². The van der Waals surface area contributed by atoms with Crippen LogP contribution >= 0.6 is 15.9 Å². The average Bonchev–Trinajstić information content (AvgIpc) is 2.24. The van der Waals surface area contributed by atoms with Crippen molar-refractivity contribution < 1.29 is 14.6 Å². The highest BCUT2D eigenvalue weighted by atomic mass is 79.9. The van der Waals surface area contributed by atoms with E-state index in [0.717, 1.165) is 10.9 Å². The third-order valence-electron chi connectivity index (χ3n) is 3.53. The Morgan fingerprint density at radius 1 is 1.53 bits per heavy atom. The highest BCUT2D eigenvalue weighted by Crippen LogP contribution is 2.41. The van der Waals surface area contributed by atoms with E-state index in [1.54, 1.807) is 6.08 Å². The van der Waals surface area contributed by atoms with Crippen molar-refractivity contribution in [3.63, 3.8) is 0 Å². The molecule has 0 radical (unpaired) electrons. The Kier molecular flexibility index (Phi) is 5.80. The molecule has 0 aliphatic carbocycles. The number of rotatable bonds is 5. The smallest absolute Gasteiger partial charge is 0.163 e. The van der Waals surface area contributed by atoms with Gasteiger partial charge in [0.15, 0.2) is 5.79 Å². The Bertz CT molecular complexity index is 347. The van der Waals surface area contributed by atoms with Gasteiger partial charge in [-0.25, -0.2) is 0 Å². The lowest BCUT2D eigenvalue weighted by Gasteiger charge is -2.46. The number of aliphatic hydroxyl groups is 1. The zero-order valence-electron chi connectivity index (χ0n) is 12.3. The van der Waals surface area contributed by atoms with Crippen LogP contribution in [0.1, 0.15) is 34.1 Å². The number of hydrogen-bond donors (Lipinski definition) is 1. The molecule has 1 fully saturated rings. The van der Waals surface area contributed by atoms with Crippen LogP contribution in [0.25, 0.3) is 0 Å². The fourth-order valence-corrected chi connectivity index (χ4v) is 2.77. The zero-order chi connectivity index (χ0) is 14.7. The SMILES string of the molecule is C=C(Br)C[C@@H]1OC(C)(C)OC[C@H]1C(C)(C)/C=C/CO. The van der Waals surface area contributed by atoms with E-state index < -0.39 is 5.79 Å². The van der Waals surface area contributed by atoms with Crippen LogP contribution in [-0.2, 0) is 9.47 Å². The van der Waals surface area contributed by atoms with Crippen molar-refractivity contribution in [2.75, 3.05) is 13.2 Å². The van der Waals surface area contributed by atoms with Crippen LogP contribution in [0.2, 0.25) is 0 Å². The van der Waals surface area contributed by atoms with Crippen LogP contribution in [0.5, 0.6) is 0 Å². The van der Waals surface area contributed by atoms with Gasteiger partial charge in [-0.2, -0.15) is 0 Å². The summed E-state index contributed by atoms with van der Waals surface area (Å²) in [6, 6.07) is 0. The van der Waals surface area contributed by atoms with Crippen molar-refractivity contribution in [3.05, 3.63) is 23.2 Å². The van der Waals surface area contributed by atoms with Gasteiger partial charge in [0.2, 0.25) is 0 Å². The van der Waals surface area contributed by atoms with Gasteiger partial charge < -0.3 is 14.6 Å². The van der Waals surface area contributed by atoms with Gasteiger partial charge in [0.25, 0.3) is 0 Å². The first kappa shape index (κ1) is 16.9. The molecule has 1 aliphatic rings. The molecule has 1 saturated heterocycles. The fraction of sp³-hybridized carbons (Fsp3) is 0.733. The molecule has 1 heterocycles. The third kappa shape index (κ3) is 5.03. The molecule has 1 rings (SSSR count). The monoisotopic (exact) mass is 332 g/mol. The summed E-state index contributed by atoms with van der Waals surface area (Å²) in [5.74, 6) is -0.335. The van der Waals surface area contributed by atoms with Crippen LogP contribution in [-0.4, -0.2) is 30.2 Å². The summed E-state index contributed by atoms with van der Waals surface area (Å²) in [7, 11) is 0. The summed E-state index contributed by atoms with van der Waals surface area (Å²) in [6.45, 7) is 12.8. The summed E-state index contributed by atoms with van der Waals surface area (Å²) in [5, 5.41) is 8.95. The van der Waals surface area contributed by atoms with Crippen molar-refractivity contribution in [1.29, 1.82) is 0 Å². The summed E-state index contributed by atoms with van der Waals surface area (Å²) in [4.78, 5) is 0. The maximum Gasteiger partial charge on any atom is 0.163 e. The van der Waals surface area contributed by atoms with Crippen LogP contribution < -0.4 is 0 Å². The maximum atomic E-state index is 8.95. The van der Waals surface area contributed by atoms with E-state index in [1.165, 1.54) is 0 Å². The first-order chi connectivity index (χ1) is 8.68. The lowest BCUT2D eigenvalue weighted by atomic mass is 9.74. The van der Waals surface area contributed by atoms with E-state index in [0.29, 0.717) is 6.61 Å². The van der Waals surface area contributed by atoms with E-state index in [9.17, 15) is 0 Å². The van der Waals surface area contributed by atoms with Crippen molar-refractivity contribution in [1.82, 2.24) is 0 Å². The lowest BCUT2D eigenvalue weighted by Crippen LogP contribution is -2.50. The van der Waals surface area contributed by atoms with Crippen LogP contribution in [0.3, 0.4) is 0 Å². The van der Waals surface area contributed by atoms with E-state index in [4.69, 9.17) is 14.6 Å². The molecule has 0 aromatic rings. The molecule has 3 nitrogen and oxygen atoms in total. The molecule has 2 atom stereocenters. The topological polar surface area (TPSA) is 38.7 Å². The second-order valence-corrected chi connectivity index (χ2v) is 7.22. The van der Waals surface area contributed by atoms with Gasteiger partial charge in [-0.3, -0.25) is 0 Å². The summed E-state index contributed by atoms with van der Waals surface area (Å²) >= 11 is 3.42. The minimum atomic E-state index is -0.555. The third-order valence-corrected chi connectivity index (χ3v) is 3.85. The summed E-state index contributed by atoms with van der Waals surface area (Å²) < 4.78 is 12.8. The highest BCUT2D eigenvalue weighted by molar-refractivity contribution is 9.11. The maximum absolute atomic E-state index is 8.95. The molecule has 0 unspecified atom stereocenters. The largest absolute Gasteiger partial charge is 0.392 e. The van der Waals surface area contributed by atoms with E-state index in [-0.39, 0.29) is 24.0 Å². The van der Waals surface area contributed by atoms with Crippen LogP contribution in [0.4, 0.5) is 0 Å². The molecular formula is C15H25BrO3. The number of aliphatic hydroxyl groups excluding tert-OH is 1. The molecule has 110 valence electrons. The molecule has 4 heteroatoms. The van der Waals surface area contributed by atoms with Gasteiger partial charge in [0.05, 0.1) is 19.3 Å². The second-order valence-electron chi connectivity index (χ2n) is 6.10. The van der Waals surface area contributed by atoms with Gasteiger partial charge in [-0.05, 0) is 23.7 Å². The summed E-state index contributed by atoms with van der Waals surface area (Å²) in [6.07, 6.45) is 4.62. The van der Waals surface area contributed by atoms with Gasteiger partial charge in [0.1, 0.15) is 0 Å². The van der Waals surface area contributed by atoms with Crippen LogP contribution in [0, 0.1) is 11.3 Å². The molecule has 1 aliphatic heterocycles. The van der Waals surface area contributed by atoms with E-state index in [1.807, 2.05) is 19.9 Å². The molecule has 0 amide bonds. The van der Waals surface area contributed by atoms with E-state index in [2.05, 4.69) is 36.4 Å². The molecule has 0 aromatic heterocycles. The minimum absolute atomic E-state index is 0.0500. The van der Waals surface area contributed by atoms with Gasteiger partial charge in [-0.15, -0.1) is 0 Å². The van der Waals surface area contributed by atoms with Crippen molar-refractivity contribution in [3.8, 4) is 0 Å². The quantitative estimate of drug-likeness (QED) is 0.781. The standard InChI is InChI=1S/C15H25BrO3/c1-11(16)9-13-12(10-18-15(4,5)19-13)14(2,3)7-6-8-17/h6-7,12-13,17H,1,8-10H2,2-5H3/b7-6+/t12-,13+/m1/s1. The summed E-state index contributed by atoms with van der Waals surface area (Å²) in [5.41, 5.74) is -0.105. The number of hydrogen-bond acceptors (Lipinski definition) is 3. The first-order valence-corrected chi connectivity index (χ1v) is 7.41. The Morgan fingerprint density at radius 2 is 2.16 bits per heavy atom. The van der Waals surface area contributed by atoms with E-state index >= 15 is 0 Å². The molecule has 19 heavy (non-hydrogen) atoms. The van der Waals surface area contributed by atoms with Gasteiger partial charge in [-0.1, -0.05) is 48.5 Å². The Hall–Kier alpha value is -0.160. The normalized spacial score (nSPS) is 27.7. The van der Waals surface area contributed by atoms with Gasteiger partial charge >= 0.3 is 0 Å². The zero-order valence-corrected chi connectivity index (χ0v) is 13.9. The van der Waals surface area contributed by atoms with Crippen molar-refractivity contribution in [2.24, 2.45) is 11.3 Å². The van der Waals surface area contributed by atoms with Crippen molar-refractivity contribution in [2.45, 2.75) is 46.0 Å². The first-order valence-electron chi connectivity index (χ1n) is 6.61. The molecular weight excluding hydrogens is 308 g/mol. The fourth-order valence-electron chi connectivity index (χ4n) is 2.45. The van der Waals surface area contributed by atoms with Gasteiger partial charge in [0, 0.05) is 12.3 Å². The molecule has 0 bridgehead atoms. The number of allylic oxidation sites excluding steroid dienone is 1. The lowest BCUT2D eigenvalue weighted by molar-refractivity contribution is -0.301. The number of ether oxygens (including phenoxy) is 2. The highest BCUT2D eigenvalue weighted by Gasteiger charge is 2.42. The Morgan fingerprint density at radius 3 is 2.68 bits per heavy atom. The molecule has 0 spiro atoms.